The van der Waals surface area contributed by atoms with Crippen LogP contribution < -0.4 is 21.3 Å². The van der Waals surface area contributed by atoms with E-state index in [1.165, 1.54) is 6.08 Å². The molecule has 6 atom stereocenters. The van der Waals surface area contributed by atoms with Crippen LogP contribution in [0, 0.1) is 28.1 Å². The lowest BCUT2D eigenvalue weighted by Crippen LogP contribution is -2.62. The molecule has 1 aromatic rings. The molecule has 1 saturated heterocycles. The van der Waals surface area contributed by atoms with E-state index in [4.69, 9.17) is 0 Å². The van der Waals surface area contributed by atoms with Gasteiger partial charge in [-0.25, -0.2) is 4.79 Å². The minimum absolute atomic E-state index is 0.0697. The normalized spacial score (nSPS) is 22.4. The third kappa shape index (κ3) is 8.05. The number of carbonyl (C=O) groups is 6. The van der Waals surface area contributed by atoms with Crippen LogP contribution in [-0.2, 0) is 25.7 Å². The lowest BCUT2D eigenvalue weighted by atomic mass is 9.85. The highest BCUT2D eigenvalue weighted by molar-refractivity contribution is 6.38. The molecule has 2 heterocycles. The standard InChI is InChI=1S/C38H56N6O6/c1-11-15-25(29(45)32(47)39-18-12-2)40-31(46)28-27-24(38(27,9)10)20-44(28)34(49)30(37(6,7)8)42-35(50)41-26(36(3,4)5)21-43-19-22-16-13-14-17-23(22)33(43)48/h12-14,16-17,24-28,30H,2,11,15,18-21H2,1,3-10H3,(H,39,47)(H,40,46)(H2,41,42,50)/t24-,25?,26+,27-,28-,30+/m0/s1. The molecule has 2 aliphatic heterocycles. The summed E-state index contributed by atoms with van der Waals surface area (Å²) in [5, 5.41) is 11.3. The van der Waals surface area contributed by atoms with Crippen LogP contribution in [0.15, 0.2) is 36.9 Å². The van der Waals surface area contributed by atoms with Gasteiger partial charge in [0.2, 0.25) is 17.6 Å². The number of piperidine rings is 1. The maximum atomic E-state index is 14.4. The first-order chi connectivity index (χ1) is 23.2. The summed E-state index contributed by atoms with van der Waals surface area (Å²) in [6.07, 6.45) is 2.28. The van der Waals surface area contributed by atoms with E-state index in [1.54, 1.807) is 9.80 Å². The number of rotatable bonds is 13. The van der Waals surface area contributed by atoms with Gasteiger partial charge >= 0.3 is 6.03 Å². The van der Waals surface area contributed by atoms with Crippen LogP contribution in [0.25, 0.3) is 0 Å². The minimum atomic E-state index is -1.04. The van der Waals surface area contributed by atoms with Crippen molar-refractivity contribution in [3.63, 3.8) is 0 Å². The Kier molecular flexibility index (Phi) is 11.2. The molecular formula is C38H56N6O6. The van der Waals surface area contributed by atoms with E-state index in [2.05, 4.69) is 41.7 Å². The molecular weight excluding hydrogens is 636 g/mol. The zero-order valence-corrected chi connectivity index (χ0v) is 31.1. The third-order valence-corrected chi connectivity index (χ3v) is 10.6. The van der Waals surface area contributed by atoms with Gasteiger partial charge in [-0.3, -0.25) is 24.0 Å². The van der Waals surface area contributed by atoms with Crippen molar-refractivity contribution in [1.29, 1.82) is 0 Å². The zero-order valence-electron chi connectivity index (χ0n) is 31.1. The zero-order chi connectivity index (χ0) is 37.3. The fraction of sp³-hybridized carbons (Fsp3) is 0.632. The molecule has 0 aromatic heterocycles. The average molecular weight is 693 g/mol. The van der Waals surface area contributed by atoms with Crippen LogP contribution in [0.4, 0.5) is 4.79 Å². The highest BCUT2D eigenvalue weighted by Gasteiger charge is 2.70. The molecule has 2 fully saturated rings. The summed E-state index contributed by atoms with van der Waals surface area (Å²) in [7, 11) is 0. The van der Waals surface area contributed by atoms with E-state index in [-0.39, 0.29) is 42.7 Å². The Bertz CT molecular complexity index is 1520. The number of carbonyl (C=O) groups excluding carboxylic acids is 6. The molecule has 0 spiro atoms. The molecule has 3 aliphatic rings. The molecule has 6 amide bonds. The molecule has 4 rings (SSSR count). The molecule has 12 heteroatoms. The van der Waals surface area contributed by atoms with Gasteiger partial charge in [-0.05, 0) is 46.1 Å². The molecule has 4 N–H and O–H groups in total. The molecule has 1 saturated carbocycles. The van der Waals surface area contributed by atoms with Crippen molar-refractivity contribution in [3.05, 3.63) is 48.0 Å². The Balaban J connectivity index is 1.51. The van der Waals surface area contributed by atoms with Gasteiger partial charge in [0.1, 0.15) is 12.1 Å². The van der Waals surface area contributed by atoms with Gasteiger partial charge in [-0.2, -0.15) is 0 Å². The monoisotopic (exact) mass is 692 g/mol. The van der Waals surface area contributed by atoms with E-state index in [0.717, 1.165) is 5.56 Å². The van der Waals surface area contributed by atoms with Crippen molar-refractivity contribution < 1.29 is 28.8 Å². The second kappa shape index (κ2) is 14.6. The highest BCUT2D eigenvalue weighted by Crippen LogP contribution is 2.65. The van der Waals surface area contributed by atoms with Gasteiger partial charge in [0.25, 0.3) is 11.8 Å². The van der Waals surface area contributed by atoms with E-state index >= 15 is 0 Å². The van der Waals surface area contributed by atoms with Crippen LogP contribution in [0.5, 0.6) is 0 Å². The number of nitrogens with one attached hydrogen (secondary N) is 4. The van der Waals surface area contributed by atoms with Gasteiger partial charge in [-0.15, -0.1) is 6.58 Å². The van der Waals surface area contributed by atoms with E-state index in [9.17, 15) is 28.8 Å². The Morgan fingerprint density at radius 2 is 1.66 bits per heavy atom. The third-order valence-electron chi connectivity index (χ3n) is 10.6. The number of benzene rings is 1. The van der Waals surface area contributed by atoms with Crippen molar-refractivity contribution in [2.75, 3.05) is 19.6 Å². The molecule has 0 radical (unpaired) electrons. The Morgan fingerprint density at radius 3 is 2.24 bits per heavy atom. The number of Topliss-reactive ketones (excluding diaryl/α,β-unsaturated/α-hetero) is 1. The van der Waals surface area contributed by atoms with Crippen LogP contribution in [0.3, 0.4) is 0 Å². The molecule has 12 nitrogen and oxygen atoms in total. The Morgan fingerprint density at radius 1 is 1.00 bits per heavy atom. The van der Waals surface area contributed by atoms with Crippen LogP contribution in [-0.4, -0.2) is 89.0 Å². The smallest absolute Gasteiger partial charge is 0.315 e. The SMILES string of the molecule is C=CCNC(=O)C(=O)C(CCC)NC(=O)[C@@H]1[C@@H]2[C@H](CN1C(=O)[C@@H](NC(=O)N[C@H](CN1Cc3ccccc3C1=O)C(C)(C)C)C(C)(C)C)C2(C)C. The fourth-order valence-electron chi connectivity index (χ4n) is 7.40. The molecule has 274 valence electrons. The molecule has 1 aliphatic carbocycles. The average Bonchev–Trinajstić information content (AvgIpc) is 3.31. The summed E-state index contributed by atoms with van der Waals surface area (Å²) >= 11 is 0. The number of ketones is 1. The fourth-order valence-corrected chi connectivity index (χ4v) is 7.40. The lowest BCUT2D eigenvalue weighted by Gasteiger charge is -2.39. The molecule has 0 bridgehead atoms. The summed E-state index contributed by atoms with van der Waals surface area (Å²) in [5.74, 6) is -2.58. The van der Waals surface area contributed by atoms with Gasteiger partial charge in [-0.1, -0.05) is 93.0 Å². The second-order valence-electron chi connectivity index (χ2n) is 16.8. The number of urea groups is 1. The van der Waals surface area contributed by atoms with Gasteiger partial charge in [0.05, 0.1) is 12.1 Å². The van der Waals surface area contributed by atoms with E-state index in [1.807, 2.05) is 72.7 Å². The first-order valence-electron chi connectivity index (χ1n) is 17.7. The number of nitrogens with zero attached hydrogens (tertiary/aromatic N) is 2. The number of hydrogen-bond acceptors (Lipinski definition) is 6. The van der Waals surface area contributed by atoms with Gasteiger partial charge in [0, 0.05) is 31.7 Å². The van der Waals surface area contributed by atoms with Gasteiger partial charge in [0.15, 0.2) is 0 Å². The summed E-state index contributed by atoms with van der Waals surface area (Å²) in [5.41, 5.74) is 0.257. The minimum Gasteiger partial charge on any atom is -0.346 e. The molecule has 1 aromatic carbocycles. The predicted octanol–water partition coefficient (Wildman–Crippen LogP) is 3.41. The summed E-state index contributed by atoms with van der Waals surface area (Å²) in [6, 6.07) is 3.59. The van der Waals surface area contributed by atoms with Crippen molar-refractivity contribution in [2.24, 2.45) is 28.1 Å². The number of hydrogen-bond donors (Lipinski definition) is 4. The van der Waals surface area contributed by atoms with E-state index < -0.39 is 64.5 Å². The molecule has 1 unspecified atom stereocenters. The van der Waals surface area contributed by atoms with Gasteiger partial charge < -0.3 is 31.1 Å². The largest absolute Gasteiger partial charge is 0.346 e. The topological polar surface area (TPSA) is 157 Å². The summed E-state index contributed by atoms with van der Waals surface area (Å²) < 4.78 is 0. The summed E-state index contributed by atoms with van der Waals surface area (Å²) in [4.78, 5) is 84.1. The predicted molar refractivity (Wildman–Crippen MR) is 191 cm³/mol. The highest BCUT2D eigenvalue weighted by atomic mass is 16.2. The van der Waals surface area contributed by atoms with Crippen molar-refractivity contribution in [2.45, 2.75) is 106 Å². The first kappa shape index (κ1) is 38.6. The van der Waals surface area contributed by atoms with Crippen LogP contribution in [0.2, 0.25) is 0 Å². The Labute approximate surface area is 296 Å². The Hall–Kier alpha value is -4.22. The number of fused-ring (bicyclic) bond motifs is 2. The quantitative estimate of drug-likeness (QED) is 0.183. The van der Waals surface area contributed by atoms with Crippen LogP contribution >= 0.6 is 0 Å². The van der Waals surface area contributed by atoms with Crippen molar-refractivity contribution in [3.8, 4) is 0 Å². The maximum Gasteiger partial charge on any atom is 0.315 e. The van der Waals surface area contributed by atoms with Crippen molar-refractivity contribution in [1.82, 2.24) is 31.1 Å². The second-order valence-corrected chi connectivity index (χ2v) is 16.8. The lowest BCUT2D eigenvalue weighted by molar-refractivity contribution is -0.145. The maximum absolute atomic E-state index is 14.4. The molecule has 50 heavy (non-hydrogen) atoms. The number of likely N-dealkylation sites (tertiary alicyclic amines) is 1. The van der Waals surface area contributed by atoms with E-state index in [0.29, 0.717) is 25.1 Å². The van der Waals surface area contributed by atoms with Crippen molar-refractivity contribution >= 4 is 35.4 Å². The first-order valence-corrected chi connectivity index (χ1v) is 17.7. The van der Waals surface area contributed by atoms with Crippen LogP contribution in [0.1, 0.15) is 91.1 Å². The number of amides is 6. The summed E-state index contributed by atoms with van der Waals surface area (Å²) in [6.45, 7) is 22.2.